The highest BCUT2D eigenvalue weighted by molar-refractivity contribution is 9.11. The van der Waals surface area contributed by atoms with E-state index in [9.17, 15) is 4.79 Å². The molecule has 0 aromatic heterocycles. The largest absolute Gasteiger partial charge is 0.397 e. The molecular weight excluding hydrogens is 350 g/mol. The smallest absolute Gasteiger partial charge is 0.233 e. The molecular formula is C11H17Br2N3O. The van der Waals surface area contributed by atoms with Gasteiger partial charge in [0.05, 0.1) is 16.7 Å². The van der Waals surface area contributed by atoms with Crippen LogP contribution >= 0.6 is 31.9 Å². The lowest BCUT2D eigenvalue weighted by Crippen LogP contribution is -2.28. The highest BCUT2D eigenvalue weighted by atomic mass is 79.9. The van der Waals surface area contributed by atoms with E-state index in [0.29, 0.717) is 23.3 Å². The number of amides is 1. The second kappa shape index (κ2) is 8.36. The molecule has 0 aromatic rings. The fourth-order valence-corrected chi connectivity index (χ4v) is 1.55. The molecule has 4 N–H and O–H groups in total. The Morgan fingerprint density at radius 3 is 2.41 bits per heavy atom. The highest BCUT2D eigenvalue weighted by Gasteiger charge is 2.04. The van der Waals surface area contributed by atoms with Crippen molar-refractivity contribution in [3.8, 4) is 0 Å². The fourth-order valence-electron chi connectivity index (χ4n) is 0.872. The third-order valence-corrected chi connectivity index (χ3v) is 3.19. The van der Waals surface area contributed by atoms with Gasteiger partial charge in [-0.15, -0.1) is 0 Å². The van der Waals surface area contributed by atoms with Crippen molar-refractivity contribution in [2.75, 3.05) is 18.9 Å². The van der Waals surface area contributed by atoms with Gasteiger partial charge in [-0.25, -0.2) is 0 Å². The molecule has 1 amide bonds. The first-order valence-electron chi connectivity index (χ1n) is 4.97. The molecule has 0 aliphatic rings. The van der Waals surface area contributed by atoms with Crippen molar-refractivity contribution < 1.29 is 4.79 Å². The number of nitrogens with zero attached hydrogens (tertiary/aromatic N) is 1. The predicted octanol–water partition coefficient (Wildman–Crippen LogP) is 1.82. The summed E-state index contributed by atoms with van der Waals surface area (Å²) in [5.74, 6) is -0.00812. The van der Waals surface area contributed by atoms with Crippen molar-refractivity contribution in [2.45, 2.75) is 6.92 Å². The first-order valence-corrected chi connectivity index (χ1v) is 6.88. The minimum Gasteiger partial charge on any atom is -0.397 e. The first kappa shape index (κ1) is 16.2. The second-order valence-corrected chi connectivity index (χ2v) is 4.82. The van der Waals surface area contributed by atoms with E-state index in [4.69, 9.17) is 11.5 Å². The fraction of sp³-hybridized carbons (Fsp3) is 0.364. The summed E-state index contributed by atoms with van der Waals surface area (Å²) in [6.45, 7) is 2.31. The predicted molar refractivity (Wildman–Crippen MR) is 78.7 cm³/mol. The summed E-state index contributed by atoms with van der Waals surface area (Å²) in [7, 11) is 1.70. The number of alkyl halides is 1. The third-order valence-electron chi connectivity index (χ3n) is 2.03. The number of carbonyl (C=O) groups excluding carboxylic acids is 1. The molecule has 4 nitrogen and oxygen atoms in total. The molecule has 0 heterocycles. The molecule has 0 saturated carbocycles. The van der Waals surface area contributed by atoms with Crippen molar-refractivity contribution in [1.82, 2.24) is 4.90 Å². The highest BCUT2D eigenvalue weighted by Crippen LogP contribution is 2.09. The van der Waals surface area contributed by atoms with Crippen molar-refractivity contribution in [3.63, 3.8) is 0 Å². The molecule has 6 heteroatoms. The van der Waals surface area contributed by atoms with Gasteiger partial charge in [0.25, 0.3) is 0 Å². The van der Waals surface area contributed by atoms with Crippen molar-refractivity contribution >= 4 is 37.8 Å². The van der Waals surface area contributed by atoms with Gasteiger partial charge in [0.15, 0.2) is 0 Å². The summed E-state index contributed by atoms with van der Waals surface area (Å²) in [6, 6.07) is 0. The summed E-state index contributed by atoms with van der Waals surface area (Å²) in [6.07, 6.45) is 5.29. The summed E-state index contributed by atoms with van der Waals surface area (Å²) < 4.78 is 0.858. The van der Waals surface area contributed by atoms with Crippen molar-refractivity contribution in [3.05, 3.63) is 34.1 Å². The second-order valence-electron chi connectivity index (χ2n) is 3.34. The van der Waals surface area contributed by atoms with Gasteiger partial charge < -0.3 is 16.4 Å². The molecule has 96 valence electrons. The third kappa shape index (κ3) is 6.53. The Balaban J connectivity index is 4.56. The number of hydrogen-bond donors (Lipinski definition) is 2. The number of hydrogen-bond acceptors (Lipinski definition) is 3. The number of rotatable bonds is 5. The Hall–Kier alpha value is -0.750. The zero-order valence-corrected chi connectivity index (χ0v) is 13.1. The molecule has 0 radical (unpaired) electrons. The Morgan fingerprint density at radius 1 is 1.35 bits per heavy atom. The molecule has 0 aliphatic carbocycles. The van der Waals surface area contributed by atoms with E-state index in [1.165, 1.54) is 0 Å². The molecule has 0 rings (SSSR count). The lowest BCUT2D eigenvalue weighted by atomic mass is 10.3. The molecule has 0 saturated heterocycles. The molecule has 0 aromatic carbocycles. The quantitative estimate of drug-likeness (QED) is 0.575. The minimum absolute atomic E-state index is 0.00812. The van der Waals surface area contributed by atoms with Gasteiger partial charge >= 0.3 is 0 Å². The number of likely N-dealkylation sites (N-methyl/N-ethyl adjacent to an activating group) is 1. The lowest BCUT2D eigenvalue weighted by Gasteiger charge is -2.13. The summed E-state index contributed by atoms with van der Waals surface area (Å²) in [4.78, 5) is 12.8. The topological polar surface area (TPSA) is 72.3 Å². The van der Waals surface area contributed by atoms with Crippen LogP contribution in [-0.2, 0) is 4.79 Å². The maximum Gasteiger partial charge on any atom is 0.233 e. The van der Waals surface area contributed by atoms with Crippen LogP contribution in [0.25, 0.3) is 0 Å². The summed E-state index contributed by atoms with van der Waals surface area (Å²) in [5.41, 5.74) is 12.5. The van der Waals surface area contributed by atoms with Crippen LogP contribution in [0.5, 0.6) is 0 Å². The van der Waals surface area contributed by atoms with Crippen LogP contribution < -0.4 is 11.5 Å². The van der Waals surface area contributed by atoms with Crippen molar-refractivity contribution in [1.29, 1.82) is 0 Å². The van der Waals surface area contributed by atoms with E-state index in [-0.39, 0.29) is 5.91 Å². The lowest BCUT2D eigenvalue weighted by molar-refractivity contribution is -0.126. The van der Waals surface area contributed by atoms with Crippen LogP contribution in [0, 0.1) is 0 Å². The maximum absolute atomic E-state index is 11.3. The minimum atomic E-state index is -0.00812. The summed E-state index contributed by atoms with van der Waals surface area (Å²) >= 11 is 6.41. The van der Waals surface area contributed by atoms with Gasteiger partial charge in [-0.2, -0.15) is 0 Å². The SMILES string of the molecule is C/C=C(Br)/C=C(N)\C(N)=C\CN(C)C(=O)CBr. The molecule has 0 bridgehead atoms. The van der Waals surface area contributed by atoms with Gasteiger partial charge in [0.2, 0.25) is 5.91 Å². The average molecular weight is 367 g/mol. The Labute approximate surface area is 119 Å². The molecule has 17 heavy (non-hydrogen) atoms. The van der Waals surface area contributed by atoms with E-state index < -0.39 is 0 Å². The van der Waals surface area contributed by atoms with Gasteiger partial charge in [-0.1, -0.05) is 37.9 Å². The van der Waals surface area contributed by atoms with Gasteiger partial charge in [0.1, 0.15) is 0 Å². The monoisotopic (exact) mass is 365 g/mol. The molecule has 0 fully saturated rings. The van der Waals surface area contributed by atoms with E-state index >= 15 is 0 Å². The zero-order chi connectivity index (χ0) is 13.4. The van der Waals surface area contributed by atoms with Crippen LogP contribution in [0.2, 0.25) is 0 Å². The zero-order valence-electron chi connectivity index (χ0n) is 9.91. The van der Waals surface area contributed by atoms with Crippen LogP contribution in [0.3, 0.4) is 0 Å². The van der Waals surface area contributed by atoms with Crippen LogP contribution in [0.4, 0.5) is 0 Å². The summed E-state index contributed by atoms with van der Waals surface area (Å²) in [5, 5.41) is 0.298. The molecule has 0 atom stereocenters. The van der Waals surface area contributed by atoms with E-state index in [2.05, 4.69) is 31.9 Å². The average Bonchev–Trinajstić information content (AvgIpc) is 2.33. The van der Waals surface area contributed by atoms with Gasteiger partial charge in [0, 0.05) is 18.1 Å². The maximum atomic E-state index is 11.3. The standard InChI is InChI=1S/C11H17Br2N3O/c1-3-8(13)6-10(15)9(14)4-5-16(2)11(17)7-12/h3-4,6H,5,7,14-15H2,1-2H3/b8-3-,9-4-,10-6+. The van der Waals surface area contributed by atoms with Gasteiger partial charge in [-0.3, -0.25) is 4.79 Å². The van der Waals surface area contributed by atoms with E-state index in [1.54, 1.807) is 24.1 Å². The number of nitrogens with two attached hydrogens (primary N) is 2. The normalized spacial score (nSPS) is 13.8. The number of allylic oxidation sites excluding steroid dienone is 3. The van der Waals surface area contributed by atoms with Crippen molar-refractivity contribution in [2.24, 2.45) is 11.5 Å². The Morgan fingerprint density at radius 2 is 1.94 bits per heavy atom. The van der Waals surface area contributed by atoms with Crippen LogP contribution in [-0.4, -0.2) is 29.7 Å². The number of halogens is 2. The number of carbonyl (C=O) groups is 1. The Kier molecular flexibility index (Phi) is 7.99. The molecule has 0 unspecified atom stereocenters. The molecule has 0 spiro atoms. The van der Waals surface area contributed by atoms with Crippen LogP contribution in [0.15, 0.2) is 34.1 Å². The molecule has 0 aliphatic heterocycles. The first-order chi connectivity index (χ1) is 7.92. The van der Waals surface area contributed by atoms with E-state index in [1.807, 2.05) is 13.0 Å². The Bertz CT molecular complexity index is 362. The van der Waals surface area contributed by atoms with E-state index in [0.717, 1.165) is 4.48 Å². The van der Waals surface area contributed by atoms with Crippen LogP contribution in [0.1, 0.15) is 6.92 Å². The van der Waals surface area contributed by atoms with Gasteiger partial charge in [-0.05, 0) is 19.1 Å².